The molecule has 188 valence electrons. The van der Waals surface area contributed by atoms with E-state index in [2.05, 4.69) is 32.7 Å². The molecule has 0 radical (unpaired) electrons. The van der Waals surface area contributed by atoms with Gasteiger partial charge in [0.25, 0.3) is 11.2 Å². The van der Waals surface area contributed by atoms with E-state index in [0.717, 1.165) is 11.8 Å². The second-order valence-electron chi connectivity index (χ2n) is 7.93. The van der Waals surface area contributed by atoms with E-state index in [9.17, 15) is 14.9 Å². The highest BCUT2D eigenvalue weighted by molar-refractivity contribution is 14.1. The van der Waals surface area contributed by atoms with Gasteiger partial charge in [0.05, 0.1) is 32.7 Å². The van der Waals surface area contributed by atoms with E-state index in [4.69, 9.17) is 14.5 Å². The topological polar surface area (TPSA) is 122 Å². The highest BCUT2D eigenvalue weighted by Gasteiger charge is 2.15. The first-order chi connectivity index (χ1) is 18.4. The molecule has 0 saturated heterocycles. The molecule has 0 amide bonds. The number of nitrogens with zero attached hydrogens (tertiary/aromatic N) is 5. The normalized spacial score (nSPS) is 11.1. The van der Waals surface area contributed by atoms with E-state index in [1.165, 1.54) is 23.9 Å². The maximum atomic E-state index is 13.4. The molecule has 0 N–H and O–H groups in total. The Kier molecular flexibility index (Phi) is 7.09. The SMILES string of the molecule is COc1cc(C=Nn2c(-c3ccccc3)nc3ccccc3c2=O)cc(I)c1Oc1ccc([N+](=O)[O-])cn1. The lowest BCUT2D eigenvalue weighted by atomic mass is 10.2. The molecule has 0 saturated carbocycles. The highest BCUT2D eigenvalue weighted by atomic mass is 127. The van der Waals surface area contributed by atoms with Crippen LogP contribution in [0.1, 0.15) is 5.56 Å². The fraction of sp³-hybridized carbons (Fsp3) is 0.0370. The van der Waals surface area contributed by atoms with E-state index in [0.29, 0.717) is 37.4 Å². The van der Waals surface area contributed by atoms with Crippen molar-refractivity contribution in [3.05, 3.63) is 115 Å². The molecule has 5 rings (SSSR count). The van der Waals surface area contributed by atoms with Gasteiger partial charge in [0.15, 0.2) is 17.3 Å². The maximum Gasteiger partial charge on any atom is 0.287 e. The van der Waals surface area contributed by atoms with Crippen LogP contribution in [0.15, 0.2) is 95.0 Å². The molecule has 10 nitrogen and oxygen atoms in total. The molecule has 38 heavy (non-hydrogen) atoms. The van der Waals surface area contributed by atoms with E-state index >= 15 is 0 Å². The minimum absolute atomic E-state index is 0.140. The monoisotopic (exact) mass is 619 g/mol. The van der Waals surface area contributed by atoms with Gasteiger partial charge in [-0.3, -0.25) is 14.9 Å². The smallest absolute Gasteiger partial charge is 0.287 e. The Bertz CT molecular complexity index is 1740. The summed E-state index contributed by atoms with van der Waals surface area (Å²) in [6, 6.07) is 22.7. The summed E-state index contributed by atoms with van der Waals surface area (Å²) in [5.41, 5.74) is 1.55. The zero-order chi connectivity index (χ0) is 26.6. The van der Waals surface area contributed by atoms with E-state index in [1.807, 2.05) is 36.4 Å². The molecule has 3 aromatic carbocycles. The van der Waals surface area contributed by atoms with Crippen LogP contribution < -0.4 is 15.0 Å². The molecule has 2 heterocycles. The predicted molar refractivity (Wildman–Crippen MR) is 151 cm³/mol. The Morgan fingerprint density at radius 3 is 2.53 bits per heavy atom. The molecular weight excluding hydrogens is 601 g/mol. The van der Waals surface area contributed by atoms with E-state index < -0.39 is 4.92 Å². The molecular formula is C27H18IN5O5. The number of pyridine rings is 1. The first kappa shape index (κ1) is 25.0. The van der Waals surface area contributed by atoms with Gasteiger partial charge in [-0.15, -0.1) is 0 Å². The van der Waals surface area contributed by atoms with Gasteiger partial charge in [-0.2, -0.15) is 9.78 Å². The summed E-state index contributed by atoms with van der Waals surface area (Å²) in [6.07, 6.45) is 2.66. The zero-order valence-corrected chi connectivity index (χ0v) is 22.0. The summed E-state index contributed by atoms with van der Waals surface area (Å²) in [5.74, 6) is 1.37. The number of rotatable bonds is 7. The van der Waals surface area contributed by atoms with Gasteiger partial charge in [-0.1, -0.05) is 42.5 Å². The number of benzene rings is 3. The van der Waals surface area contributed by atoms with Crippen LogP contribution in [0.4, 0.5) is 5.69 Å². The van der Waals surface area contributed by atoms with Crippen molar-refractivity contribution in [2.45, 2.75) is 0 Å². The second kappa shape index (κ2) is 10.8. The van der Waals surface area contributed by atoms with Crippen LogP contribution in [0.25, 0.3) is 22.3 Å². The van der Waals surface area contributed by atoms with Crippen LogP contribution in [0.5, 0.6) is 17.4 Å². The Hall–Kier alpha value is -4.65. The summed E-state index contributed by atoms with van der Waals surface area (Å²) in [6.45, 7) is 0. The average molecular weight is 619 g/mol. The number of halogens is 1. The number of fused-ring (bicyclic) bond motifs is 1. The quantitative estimate of drug-likeness (QED) is 0.0999. The summed E-state index contributed by atoms with van der Waals surface area (Å²) in [4.78, 5) is 32.4. The Labute approximate surface area is 229 Å². The lowest BCUT2D eigenvalue weighted by Gasteiger charge is -2.13. The largest absolute Gasteiger partial charge is 0.493 e. The molecule has 0 aliphatic heterocycles. The van der Waals surface area contributed by atoms with Crippen molar-refractivity contribution in [1.82, 2.24) is 14.6 Å². The number of methoxy groups -OCH3 is 1. The zero-order valence-electron chi connectivity index (χ0n) is 19.8. The highest BCUT2D eigenvalue weighted by Crippen LogP contribution is 2.36. The van der Waals surface area contributed by atoms with Crippen LogP contribution >= 0.6 is 22.6 Å². The minimum atomic E-state index is -0.533. The van der Waals surface area contributed by atoms with Crippen molar-refractivity contribution >= 4 is 45.4 Å². The third-order valence-electron chi connectivity index (χ3n) is 5.50. The van der Waals surface area contributed by atoms with Gasteiger partial charge in [-0.25, -0.2) is 9.97 Å². The maximum absolute atomic E-state index is 13.4. The molecule has 11 heteroatoms. The summed E-state index contributed by atoms with van der Waals surface area (Å²) in [5, 5.41) is 15.8. The van der Waals surface area contributed by atoms with E-state index in [-0.39, 0.29) is 17.1 Å². The molecule has 0 fully saturated rings. The summed E-state index contributed by atoms with van der Waals surface area (Å²) in [7, 11) is 1.49. The van der Waals surface area contributed by atoms with Crippen molar-refractivity contribution in [2.24, 2.45) is 5.10 Å². The second-order valence-corrected chi connectivity index (χ2v) is 9.09. The van der Waals surface area contributed by atoms with Gasteiger partial charge in [0, 0.05) is 17.7 Å². The fourth-order valence-corrected chi connectivity index (χ4v) is 4.42. The van der Waals surface area contributed by atoms with Crippen LogP contribution in [-0.2, 0) is 0 Å². The van der Waals surface area contributed by atoms with Crippen LogP contribution in [0.2, 0.25) is 0 Å². The average Bonchev–Trinajstić information content (AvgIpc) is 2.94. The van der Waals surface area contributed by atoms with Crippen molar-refractivity contribution in [3.63, 3.8) is 0 Å². The third-order valence-corrected chi connectivity index (χ3v) is 6.30. The van der Waals surface area contributed by atoms with Crippen LogP contribution in [-0.4, -0.2) is 32.9 Å². The molecule has 2 aromatic heterocycles. The first-order valence-corrected chi connectivity index (χ1v) is 12.3. The standard InChI is InChI=1S/C27H18IN5O5/c1-37-23-14-17(13-21(28)25(23)38-24-12-11-19(16-29-24)33(35)36)15-30-32-26(18-7-3-2-4-8-18)31-22-10-6-5-9-20(22)27(32)34/h2-16H,1H3. The molecule has 0 aliphatic rings. The minimum Gasteiger partial charge on any atom is -0.493 e. The van der Waals surface area contributed by atoms with Crippen LogP contribution in [0.3, 0.4) is 0 Å². The number of nitro groups is 1. The Morgan fingerprint density at radius 1 is 1.05 bits per heavy atom. The van der Waals surface area contributed by atoms with Gasteiger partial charge < -0.3 is 9.47 Å². The lowest BCUT2D eigenvalue weighted by molar-refractivity contribution is -0.385. The Morgan fingerprint density at radius 2 is 1.82 bits per heavy atom. The molecule has 0 atom stereocenters. The molecule has 5 aromatic rings. The molecule has 0 bridgehead atoms. The third kappa shape index (κ3) is 5.09. The molecule has 0 unspecified atom stereocenters. The molecule has 0 spiro atoms. The van der Waals surface area contributed by atoms with Crippen molar-refractivity contribution in [3.8, 4) is 28.8 Å². The van der Waals surface area contributed by atoms with Gasteiger partial charge in [-0.05, 0) is 52.4 Å². The lowest BCUT2D eigenvalue weighted by Crippen LogP contribution is -2.20. The van der Waals surface area contributed by atoms with Crippen molar-refractivity contribution in [1.29, 1.82) is 0 Å². The van der Waals surface area contributed by atoms with Gasteiger partial charge in [0.1, 0.15) is 6.20 Å². The number of para-hydroxylation sites is 1. The number of hydrogen-bond acceptors (Lipinski definition) is 8. The summed E-state index contributed by atoms with van der Waals surface area (Å²) < 4.78 is 13.3. The van der Waals surface area contributed by atoms with Gasteiger partial charge in [0.2, 0.25) is 5.88 Å². The number of hydrogen-bond donors (Lipinski definition) is 0. The van der Waals surface area contributed by atoms with Gasteiger partial charge >= 0.3 is 0 Å². The Balaban J connectivity index is 1.53. The predicted octanol–water partition coefficient (Wildman–Crippen LogP) is 5.65. The molecule has 0 aliphatic carbocycles. The van der Waals surface area contributed by atoms with Crippen LogP contribution in [0, 0.1) is 13.7 Å². The first-order valence-electron chi connectivity index (χ1n) is 11.2. The van der Waals surface area contributed by atoms with E-state index in [1.54, 1.807) is 36.5 Å². The van der Waals surface area contributed by atoms with Crippen molar-refractivity contribution in [2.75, 3.05) is 7.11 Å². The fourth-order valence-electron chi connectivity index (χ4n) is 3.69. The summed E-state index contributed by atoms with van der Waals surface area (Å²) >= 11 is 2.08. The number of ether oxygens (including phenoxy) is 2. The van der Waals surface area contributed by atoms with Crippen molar-refractivity contribution < 1.29 is 14.4 Å². The number of aromatic nitrogens is 3.